The van der Waals surface area contributed by atoms with Gasteiger partial charge in [-0.2, -0.15) is 0 Å². The van der Waals surface area contributed by atoms with E-state index in [1.807, 2.05) is 12.1 Å². The molecule has 1 heterocycles. The van der Waals surface area contributed by atoms with Crippen LogP contribution in [0.5, 0.6) is 0 Å². The number of fused-ring (bicyclic) bond motifs is 1. The van der Waals surface area contributed by atoms with Crippen LogP contribution < -0.4 is 4.90 Å². The van der Waals surface area contributed by atoms with Crippen molar-refractivity contribution in [2.45, 2.75) is 38.2 Å². The Hall–Kier alpha value is -2.90. The highest BCUT2D eigenvalue weighted by atomic mass is 16.3. The molecule has 4 nitrogen and oxygen atoms in total. The Balaban J connectivity index is 1.91. The number of terminal acetylenes is 1. The van der Waals surface area contributed by atoms with Gasteiger partial charge in [0.2, 0.25) is 0 Å². The summed E-state index contributed by atoms with van der Waals surface area (Å²) in [6.07, 6.45) is 5.04. The van der Waals surface area contributed by atoms with Gasteiger partial charge in [-0.15, -0.1) is 6.42 Å². The van der Waals surface area contributed by atoms with Crippen molar-refractivity contribution in [1.82, 2.24) is 0 Å². The lowest BCUT2D eigenvalue weighted by Crippen LogP contribution is -2.42. The fraction of sp³-hybridized carbons (Fsp3) is 0.304. The highest BCUT2D eigenvalue weighted by Gasteiger charge is 2.50. The number of nitrogens with zero attached hydrogens (tertiary/aromatic N) is 1. The van der Waals surface area contributed by atoms with E-state index in [4.69, 9.17) is 6.42 Å². The fourth-order valence-electron chi connectivity index (χ4n) is 3.42. The van der Waals surface area contributed by atoms with Gasteiger partial charge in [-0.3, -0.25) is 14.5 Å². The van der Waals surface area contributed by atoms with E-state index < -0.39 is 11.5 Å². The standard InChI is InChI=1S/C23H23NO3/c1-5-14-24-19-9-7-6-8-18(19)23(27,21(24)26)15-20(25)16-10-12-17(13-11-16)22(2,3)4/h1,6-13,27H,14-15H2,2-4H3/t23-/m1/s1. The smallest absolute Gasteiger partial charge is 0.265 e. The average Bonchev–Trinajstić information content (AvgIpc) is 2.84. The number of hydrogen-bond donors (Lipinski definition) is 1. The number of para-hydroxylation sites is 1. The van der Waals surface area contributed by atoms with Gasteiger partial charge in [0.15, 0.2) is 11.4 Å². The van der Waals surface area contributed by atoms with Gasteiger partial charge >= 0.3 is 0 Å². The van der Waals surface area contributed by atoms with Crippen LogP contribution in [0.1, 0.15) is 48.7 Å². The van der Waals surface area contributed by atoms with Crippen LogP contribution in [0.3, 0.4) is 0 Å². The Morgan fingerprint density at radius 2 is 1.78 bits per heavy atom. The van der Waals surface area contributed by atoms with E-state index in [2.05, 4.69) is 26.7 Å². The topological polar surface area (TPSA) is 57.6 Å². The summed E-state index contributed by atoms with van der Waals surface area (Å²) in [5, 5.41) is 11.1. The molecule has 2 aromatic carbocycles. The largest absolute Gasteiger partial charge is 0.375 e. The van der Waals surface area contributed by atoms with Crippen LogP contribution in [0.2, 0.25) is 0 Å². The predicted molar refractivity (Wildman–Crippen MR) is 106 cm³/mol. The molecule has 0 saturated heterocycles. The first kappa shape index (κ1) is 18.9. The number of amides is 1. The van der Waals surface area contributed by atoms with Crippen molar-refractivity contribution in [3.8, 4) is 12.3 Å². The Morgan fingerprint density at radius 1 is 1.15 bits per heavy atom. The summed E-state index contributed by atoms with van der Waals surface area (Å²) in [7, 11) is 0. The molecule has 1 aliphatic rings. The number of carbonyl (C=O) groups is 2. The van der Waals surface area contributed by atoms with Gasteiger partial charge in [-0.25, -0.2) is 0 Å². The Morgan fingerprint density at radius 3 is 2.37 bits per heavy atom. The first-order valence-electron chi connectivity index (χ1n) is 8.89. The molecule has 4 heteroatoms. The molecule has 1 amide bonds. The van der Waals surface area contributed by atoms with Crippen LogP contribution in [-0.4, -0.2) is 23.3 Å². The van der Waals surface area contributed by atoms with Crippen molar-refractivity contribution in [2.75, 3.05) is 11.4 Å². The van der Waals surface area contributed by atoms with E-state index in [-0.39, 0.29) is 24.2 Å². The molecule has 3 rings (SSSR count). The molecule has 0 spiro atoms. The van der Waals surface area contributed by atoms with Crippen molar-refractivity contribution in [1.29, 1.82) is 0 Å². The molecular formula is C23H23NO3. The molecule has 0 fully saturated rings. The van der Waals surface area contributed by atoms with E-state index in [9.17, 15) is 14.7 Å². The van der Waals surface area contributed by atoms with Gasteiger partial charge in [0, 0.05) is 11.1 Å². The van der Waals surface area contributed by atoms with E-state index in [0.717, 1.165) is 5.56 Å². The Bertz CT molecular complexity index is 931. The summed E-state index contributed by atoms with van der Waals surface area (Å²) in [6.45, 7) is 6.34. The SMILES string of the molecule is C#CCN1C(=O)[C@@](O)(CC(=O)c2ccc(C(C)(C)C)cc2)c2ccccc21. The first-order valence-corrected chi connectivity index (χ1v) is 8.89. The maximum Gasteiger partial charge on any atom is 0.265 e. The summed E-state index contributed by atoms with van der Waals surface area (Å²) in [5.41, 5.74) is 0.643. The normalized spacial score (nSPS) is 18.9. The quantitative estimate of drug-likeness (QED) is 0.670. The molecule has 2 aromatic rings. The zero-order chi connectivity index (χ0) is 19.8. The van der Waals surface area contributed by atoms with Gasteiger partial charge in [0.1, 0.15) is 0 Å². The second-order valence-corrected chi connectivity index (χ2v) is 7.90. The van der Waals surface area contributed by atoms with Crippen molar-refractivity contribution in [2.24, 2.45) is 0 Å². The average molecular weight is 361 g/mol. The van der Waals surface area contributed by atoms with E-state index in [1.54, 1.807) is 36.4 Å². The zero-order valence-electron chi connectivity index (χ0n) is 15.8. The summed E-state index contributed by atoms with van der Waals surface area (Å²) in [6, 6.07) is 14.2. The lowest BCUT2D eigenvalue weighted by atomic mass is 9.85. The van der Waals surface area contributed by atoms with E-state index in [1.165, 1.54) is 4.90 Å². The van der Waals surface area contributed by atoms with Gasteiger partial charge in [-0.1, -0.05) is 69.2 Å². The molecule has 0 aliphatic carbocycles. The molecule has 1 aliphatic heterocycles. The third kappa shape index (κ3) is 3.27. The molecule has 0 saturated carbocycles. The molecule has 138 valence electrons. The third-order valence-corrected chi connectivity index (χ3v) is 4.98. The zero-order valence-corrected chi connectivity index (χ0v) is 15.8. The van der Waals surface area contributed by atoms with Gasteiger partial charge < -0.3 is 5.11 Å². The summed E-state index contributed by atoms with van der Waals surface area (Å²) < 4.78 is 0. The molecule has 27 heavy (non-hydrogen) atoms. The molecule has 0 bridgehead atoms. The number of ketones is 1. The number of rotatable bonds is 4. The molecule has 1 atom stereocenters. The Kier molecular flexibility index (Phi) is 4.67. The lowest BCUT2D eigenvalue weighted by Gasteiger charge is -2.22. The Labute approximate surface area is 159 Å². The lowest BCUT2D eigenvalue weighted by molar-refractivity contribution is -0.135. The van der Waals surface area contributed by atoms with Crippen LogP contribution >= 0.6 is 0 Å². The first-order chi connectivity index (χ1) is 12.7. The number of Topliss-reactive ketones (excluding diaryl/α,β-unsaturated/α-hetero) is 1. The molecule has 0 unspecified atom stereocenters. The van der Waals surface area contributed by atoms with Crippen molar-refractivity contribution < 1.29 is 14.7 Å². The van der Waals surface area contributed by atoms with Gasteiger partial charge in [0.25, 0.3) is 5.91 Å². The highest BCUT2D eigenvalue weighted by Crippen LogP contribution is 2.42. The van der Waals surface area contributed by atoms with Crippen LogP contribution in [0.4, 0.5) is 5.69 Å². The van der Waals surface area contributed by atoms with Crippen LogP contribution in [0, 0.1) is 12.3 Å². The summed E-state index contributed by atoms with van der Waals surface area (Å²) in [5.74, 6) is 1.59. The number of anilines is 1. The maximum absolute atomic E-state index is 12.9. The number of hydrogen-bond acceptors (Lipinski definition) is 3. The second kappa shape index (κ2) is 6.68. The maximum atomic E-state index is 12.9. The van der Waals surface area contributed by atoms with Gasteiger partial charge in [0.05, 0.1) is 18.7 Å². The van der Waals surface area contributed by atoms with Crippen LogP contribution in [-0.2, 0) is 15.8 Å². The van der Waals surface area contributed by atoms with Crippen molar-refractivity contribution in [3.05, 3.63) is 65.2 Å². The predicted octanol–water partition coefficient (Wildman–Crippen LogP) is 3.42. The number of aliphatic hydroxyl groups is 1. The summed E-state index contributed by atoms with van der Waals surface area (Å²) >= 11 is 0. The third-order valence-electron chi connectivity index (χ3n) is 4.98. The minimum atomic E-state index is -1.90. The molecule has 1 N–H and O–H groups in total. The van der Waals surface area contributed by atoms with Crippen molar-refractivity contribution >= 4 is 17.4 Å². The molecule has 0 radical (unpaired) electrons. The van der Waals surface area contributed by atoms with E-state index >= 15 is 0 Å². The van der Waals surface area contributed by atoms with Crippen LogP contribution in [0.15, 0.2) is 48.5 Å². The van der Waals surface area contributed by atoms with Crippen molar-refractivity contribution in [3.63, 3.8) is 0 Å². The highest BCUT2D eigenvalue weighted by molar-refractivity contribution is 6.11. The minimum absolute atomic E-state index is 0.0180. The van der Waals surface area contributed by atoms with Crippen LogP contribution in [0.25, 0.3) is 0 Å². The second-order valence-electron chi connectivity index (χ2n) is 7.90. The molecule has 0 aromatic heterocycles. The van der Waals surface area contributed by atoms with E-state index in [0.29, 0.717) is 16.8 Å². The number of carbonyl (C=O) groups excluding carboxylic acids is 2. The number of benzene rings is 2. The fourth-order valence-corrected chi connectivity index (χ4v) is 3.42. The monoisotopic (exact) mass is 361 g/mol. The summed E-state index contributed by atoms with van der Waals surface area (Å²) in [4.78, 5) is 27.0. The molecular weight excluding hydrogens is 338 g/mol. The van der Waals surface area contributed by atoms with Gasteiger partial charge in [-0.05, 0) is 17.0 Å². The minimum Gasteiger partial charge on any atom is -0.375 e.